The van der Waals surface area contributed by atoms with Crippen LogP contribution < -0.4 is 5.32 Å². The number of aryl methyl sites for hydroxylation is 2. The van der Waals surface area contributed by atoms with Crippen molar-refractivity contribution >= 4 is 11.3 Å². The van der Waals surface area contributed by atoms with Crippen LogP contribution in [0, 0.1) is 6.92 Å². The third kappa shape index (κ3) is 2.65. The summed E-state index contributed by atoms with van der Waals surface area (Å²) in [6, 6.07) is 5.00. The molecule has 0 fully saturated rings. The quantitative estimate of drug-likeness (QED) is 0.910. The van der Waals surface area contributed by atoms with Crippen LogP contribution in [0.25, 0.3) is 0 Å². The molecule has 0 saturated carbocycles. The number of likely N-dealkylation sites (N-methyl/N-ethyl adjacent to an activating group) is 1. The van der Waals surface area contributed by atoms with Crippen molar-refractivity contribution in [2.24, 2.45) is 0 Å². The average molecular weight is 286 g/mol. The van der Waals surface area contributed by atoms with Crippen molar-refractivity contribution in [3.05, 3.63) is 51.5 Å². The van der Waals surface area contributed by atoms with Gasteiger partial charge in [-0.3, -0.25) is 4.98 Å². The van der Waals surface area contributed by atoms with Crippen molar-refractivity contribution in [3.8, 4) is 0 Å². The van der Waals surface area contributed by atoms with Crippen LogP contribution in [0.3, 0.4) is 0 Å². The Labute approximate surface area is 125 Å². The van der Waals surface area contributed by atoms with Crippen molar-refractivity contribution < 1.29 is 0 Å². The molecule has 3 heteroatoms. The topological polar surface area (TPSA) is 24.9 Å². The zero-order chi connectivity index (χ0) is 13.9. The average Bonchev–Trinajstić information content (AvgIpc) is 2.93. The molecule has 0 spiro atoms. The largest absolute Gasteiger partial charge is 0.310 e. The molecule has 2 unspecified atom stereocenters. The van der Waals surface area contributed by atoms with Crippen LogP contribution in [0.5, 0.6) is 0 Å². The van der Waals surface area contributed by atoms with E-state index in [-0.39, 0.29) is 0 Å². The summed E-state index contributed by atoms with van der Waals surface area (Å²) in [5.74, 6) is 0.591. The fourth-order valence-electron chi connectivity index (χ4n) is 3.33. The van der Waals surface area contributed by atoms with Gasteiger partial charge in [0.15, 0.2) is 0 Å². The number of thiophene rings is 1. The molecule has 2 nitrogen and oxygen atoms in total. The van der Waals surface area contributed by atoms with E-state index in [1.165, 1.54) is 30.4 Å². The number of nitrogens with one attached hydrogen (secondary N) is 1. The standard InChI is InChI=1S/C17H22N2S/c1-3-19-17(13-9-12(2)10-18-11-13)15-5-4-6-16-14(15)7-8-20-16/h7-11,15,17,19H,3-6H2,1-2H3. The fraction of sp³-hybridized carbons (Fsp3) is 0.471. The van der Waals surface area contributed by atoms with Crippen LogP contribution >= 0.6 is 11.3 Å². The van der Waals surface area contributed by atoms with E-state index in [4.69, 9.17) is 0 Å². The van der Waals surface area contributed by atoms with Crippen LogP contribution in [-0.2, 0) is 6.42 Å². The highest BCUT2D eigenvalue weighted by Crippen LogP contribution is 2.42. The van der Waals surface area contributed by atoms with Gasteiger partial charge in [0.25, 0.3) is 0 Å². The summed E-state index contributed by atoms with van der Waals surface area (Å²) in [7, 11) is 0. The van der Waals surface area contributed by atoms with E-state index >= 15 is 0 Å². The van der Waals surface area contributed by atoms with Gasteiger partial charge in [-0.2, -0.15) is 0 Å². The molecule has 20 heavy (non-hydrogen) atoms. The van der Waals surface area contributed by atoms with Gasteiger partial charge in [0.1, 0.15) is 0 Å². The highest BCUT2D eigenvalue weighted by Gasteiger charge is 2.29. The van der Waals surface area contributed by atoms with E-state index in [2.05, 4.69) is 41.7 Å². The molecule has 3 rings (SSSR count). The number of aromatic nitrogens is 1. The molecule has 1 N–H and O–H groups in total. The zero-order valence-corrected chi connectivity index (χ0v) is 13.0. The predicted octanol–water partition coefficient (Wildman–Crippen LogP) is 4.22. The van der Waals surface area contributed by atoms with Gasteiger partial charge in [-0.05, 0) is 60.9 Å². The van der Waals surface area contributed by atoms with Crippen molar-refractivity contribution in [2.75, 3.05) is 6.54 Å². The maximum atomic E-state index is 4.39. The van der Waals surface area contributed by atoms with Crippen molar-refractivity contribution in [1.29, 1.82) is 0 Å². The lowest BCUT2D eigenvalue weighted by Gasteiger charge is -2.31. The summed E-state index contributed by atoms with van der Waals surface area (Å²) in [4.78, 5) is 5.98. The molecule has 1 aliphatic carbocycles. The summed E-state index contributed by atoms with van der Waals surface area (Å²) in [6.45, 7) is 5.30. The highest BCUT2D eigenvalue weighted by molar-refractivity contribution is 7.10. The Morgan fingerprint density at radius 1 is 1.45 bits per heavy atom. The Balaban J connectivity index is 1.96. The highest BCUT2D eigenvalue weighted by atomic mass is 32.1. The van der Waals surface area contributed by atoms with E-state index in [1.54, 1.807) is 10.4 Å². The van der Waals surface area contributed by atoms with Gasteiger partial charge in [0.2, 0.25) is 0 Å². The van der Waals surface area contributed by atoms with E-state index in [1.807, 2.05) is 23.7 Å². The molecule has 0 radical (unpaired) electrons. The number of fused-ring (bicyclic) bond motifs is 1. The predicted molar refractivity (Wildman–Crippen MR) is 85.4 cm³/mol. The smallest absolute Gasteiger partial charge is 0.0405 e. The number of nitrogens with zero attached hydrogens (tertiary/aromatic N) is 1. The molecule has 0 saturated heterocycles. The Kier molecular flexibility index (Phi) is 4.18. The summed E-state index contributed by atoms with van der Waals surface area (Å²) < 4.78 is 0. The molecular weight excluding hydrogens is 264 g/mol. The number of rotatable bonds is 4. The van der Waals surface area contributed by atoms with Gasteiger partial charge in [-0.15, -0.1) is 11.3 Å². The molecule has 0 aliphatic heterocycles. The molecule has 2 aromatic rings. The number of hydrogen-bond donors (Lipinski definition) is 1. The molecule has 2 aromatic heterocycles. The van der Waals surface area contributed by atoms with Crippen molar-refractivity contribution in [2.45, 2.75) is 45.1 Å². The summed E-state index contributed by atoms with van der Waals surface area (Å²) in [5.41, 5.74) is 4.14. The van der Waals surface area contributed by atoms with Crippen LogP contribution in [0.15, 0.2) is 29.9 Å². The van der Waals surface area contributed by atoms with Gasteiger partial charge < -0.3 is 5.32 Å². The molecule has 2 atom stereocenters. The van der Waals surface area contributed by atoms with Crippen LogP contribution in [0.4, 0.5) is 0 Å². The first kappa shape index (κ1) is 13.8. The van der Waals surface area contributed by atoms with Gasteiger partial charge >= 0.3 is 0 Å². The molecular formula is C17H22N2S. The number of pyridine rings is 1. The minimum atomic E-state index is 0.390. The second kappa shape index (κ2) is 6.06. The molecule has 0 amide bonds. The first-order valence-corrected chi connectivity index (χ1v) is 8.38. The Hall–Kier alpha value is -1.19. The molecule has 1 aliphatic rings. The second-order valence-corrected chi connectivity index (χ2v) is 6.63. The summed E-state index contributed by atoms with van der Waals surface area (Å²) >= 11 is 1.92. The minimum absolute atomic E-state index is 0.390. The van der Waals surface area contributed by atoms with Gasteiger partial charge in [0.05, 0.1) is 0 Å². The fourth-order valence-corrected chi connectivity index (χ4v) is 4.33. The molecule has 106 valence electrons. The number of hydrogen-bond acceptors (Lipinski definition) is 3. The SMILES string of the molecule is CCNC(c1cncc(C)c1)C1CCCc2sccc21. The third-order valence-corrected chi connectivity index (χ3v) is 5.18. The normalized spacial score (nSPS) is 19.6. The zero-order valence-electron chi connectivity index (χ0n) is 12.2. The van der Waals surface area contributed by atoms with Gasteiger partial charge in [0, 0.05) is 29.2 Å². The minimum Gasteiger partial charge on any atom is -0.310 e. The second-order valence-electron chi connectivity index (χ2n) is 5.63. The lowest BCUT2D eigenvalue weighted by Crippen LogP contribution is -2.29. The Bertz CT molecular complexity index is 576. The van der Waals surface area contributed by atoms with E-state index < -0.39 is 0 Å². The Morgan fingerprint density at radius 3 is 3.15 bits per heavy atom. The first-order valence-electron chi connectivity index (χ1n) is 7.50. The van der Waals surface area contributed by atoms with Crippen LogP contribution in [-0.4, -0.2) is 11.5 Å². The summed E-state index contributed by atoms with van der Waals surface area (Å²) in [5, 5.41) is 5.94. The Morgan fingerprint density at radius 2 is 2.35 bits per heavy atom. The molecule has 0 bridgehead atoms. The van der Waals surface area contributed by atoms with Gasteiger partial charge in [-0.25, -0.2) is 0 Å². The van der Waals surface area contributed by atoms with E-state index in [9.17, 15) is 0 Å². The van der Waals surface area contributed by atoms with Crippen molar-refractivity contribution in [1.82, 2.24) is 10.3 Å². The maximum absolute atomic E-state index is 4.39. The molecule has 0 aromatic carbocycles. The van der Waals surface area contributed by atoms with Crippen molar-refractivity contribution in [3.63, 3.8) is 0 Å². The monoisotopic (exact) mass is 286 g/mol. The van der Waals surface area contributed by atoms with Crippen LogP contribution in [0.2, 0.25) is 0 Å². The maximum Gasteiger partial charge on any atom is 0.0405 e. The lowest BCUT2D eigenvalue weighted by molar-refractivity contribution is 0.410. The summed E-state index contributed by atoms with van der Waals surface area (Å²) in [6.07, 6.45) is 7.80. The third-order valence-electron chi connectivity index (χ3n) is 4.18. The van der Waals surface area contributed by atoms with Gasteiger partial charge in [-0.1, -0.05) is 13.0 Å². The van der Waals surface area contributed by atoms with E-state index in [0.717, 1.165) is 6.54 Å². The molecule has 2 heterocycles. The lowest BCUT2D eigenvalue weighted by atomic mass is 9.80. The van der Waals surface area contributed by atoms with E-state index in [0.29, 0.717) is 12.0 Å². The van der Waals surface area contributed by atoms with Crippen LogP contribution in [0.1, 0.15) is 53.3 Å². The first-order chi connectivity index (χ1) is 9.79.